The number of nitrogens with zero attached hydrogens (tertiary/aromatic N) is 2. The Morgan fingerprint density at radius 1 is 1.50 bits per heavy atom. The number of aryl methyl sites for hydroxylation is 1. The maximum atomic E-state index is 11.3. The number of aromatic hydroxyl groups is 1. The maximum absolute atomic E-state index is 11.3. The molecule has 0 saturated carbocycles. The van der Waals surface area contributed by atoms with Crippen LogP contribution in [-0.2, 0) is 0 Å². The standard InChI is InChI=1S/C14H15BrN4O3/c1-3-22-11-6-9(5-10(15)13(11)21)7-16-19-14-17-8(2)4-12(20)18-14/h4-7,21H,3H2,1-2H3,(H2,17,18,19,20)/b16-7-. The molecule has 22 heavy (non-hydrogen) atoms. The Morgan fingerprint density at radius 3 is 2.95 bits per heavy atom. The number of halogens is 1. The Labute approximate surface area is 135 Å². The molecule has 1 aromatic carbocycles. The number of phenols is 1. The van der Waals surface area contributed by atoms with Gasteiger partial charge in [-0.3, -0.25) is 9.78 Å². The summed E-state index contributed by atoms with van der Waals surface area (Å²) >= 11 is 3.25. The van der Waals surface area contributed by atoms with Crippen molar-refractivity contribution in [2.24, 2.45) is 5.10 Å². The summed E-state index contributed by atoms with van der Waals surface area (Å²) in [6.45, 7) is 3.98. The molecule has 0 unspecified atom stereocenters. The lowest BCUT2D eigenvalue weighted by Gasteiger charge is -2.08. The number of aromatic nitrogens is 2. The number of hydrogen-bond donors (Lipinski definition) is 3. The lowest BCUT2D eigenvalue weighted by atomic mass is 10.2. The molecular weight excluding hydrogens is 352 g/mol. The summed E-state index contributed by atoms with van der Waals surface area (Å²) in [7, 11) is 0. The first kappa shape index (κ1) is 16.0. The van der Waals surface area contributed by atoms with Crippen molar-refractivity contribution in [2.45, 2.75) is 13.8 Å². The van der Waals surface area contributed by atoms with E-state index >= 15 is 0 Å². The Bertz CT molecular complexity index is 758. The van der Waals surface area contributed by atoms with E-state index in [1.807, 2.05) is 6.92 Å². The van der Waals surface area contributed by atoms with Gasteiger partial charge in [0.1, 0.15) is 0 Å². The molecule has 2 aromatic rings. The Balaban J connectivity index is 2.17. The fourth-order valence-corrected chi connectivity index (χ4v) is 2.19. The first-order valence-electron chi connectivity index (χ1n) is 6.52. The Hall–Kier alpha value is -2.35. The average Bonchev–Trinajstić information content (AvgIpc) is 2.43. The number of rotatable bonds is 5. The SMILES string of the molecule is CCOc1cc(/C=N\Nc2nc(C)cc(=O)[nH]2)cc(Br)c1O. The predicted octanol–water partition coefficient (Wildman–Crippen LogP) is 2.39. The first-order valence-corrected chi connectivity index (χ1v) is 7.31. The summed E-state index contributed by atoms with van der Waals surface area (Å²) in [5, 5.41) is 13.8. The van der Waals surface area contributed by atoms with Crippen LogP contribution in [-0.4, -0.2) is 27.9 Å². The molecule has 0 aliphatic rings. The molecule has 1 aromatic heterocycles. The van der Waals surface area contributed by atoms with Crippen molar-refractivity contribution < 1.29 is 9.84 Å². The van der Waals surface area contributed by atoms with Crippen molar-refractivity contribution in [3.63, 3.8) is 0 Å². The number of ether oxygens (including phenoxy) is 1. The molecule has 0 fully saturated rings. The number of hydrazone groups is 1. The number of aromatic amines is 1. The van der Waals surface area contributed by atoms with Crippen LogP contribution in [0.2, 0.25) is 0 Å². The van der Waals surface area contributed by atoms with E-state index in [0.29, 0.717) is 28.1 Å². The van der Waals surface area contributed by atoms with E-state index in [1.165, 1.54) is 12.3 Å². The third-order valence-electron chi connectivity index (χ3n) is 2.60. The summed E-state index contributed by atoms with van der Waals surface area (Å²) < 4.78 is 5.83. The number of H-pyrrole nitrogens is 1. The summed E-state index contributed by atoms with van der Waals surface area (Å²) in [4.78, 5) is 17.9. The van der Waals surface area contributed by atoms with E-state index in [0.717, 1.165) is 0 Å². The Kier molecular flexibility index (Phi) is 5.16. The largest absolute Gasteiger partial charge is 0.503 e. The van der Waals surface area contributed by atoms with Crippen molar-refractivity contribution >= 4 is 28.1 Å². The van der Waals surface area contributed by atoms with Crippen molar-refractivity contribution in [2.75, 3.05) is 12.0 Å². The van der Waals surface area contributed by atoms with E-state index in [1.54, 1.807) is 19.1 Å². The third-order valence-corrected chi connectivity index (χ3v) is 3.21. The second kappa shape index (κ2) is 7.08. The van der Waals surface area contributed by atoms with Gasteiger partial charge in [0, 0.05) is 11.8 Å². The van der Waals surface area contributed by atoms with Crippen LogP contribution in [0.4, 0.5) is 5.95 Å². The van der Waals surface area contributed by atoms with Gasteiger partial charge in [-0.05, 0) is 47.5 Å². The van der Waals surface area contributed by atoms with Crippen LogP contribution in [0, 0.1) is 6.92 Å². The Morgan fingerprint density at radius 2 is 2.27 bits per heavy atom. The highest BCUT2D eigenvalue weighted by Crippen LogP contribution is 2.35. The van der Waals surface area contributed by atoms with Gasteiger partial charge in [-0.2, -0.15) is 5.10 Å². The maximum Gasteiger partial charge on any atom is 0.252 e. The van der Waals surface area contributed by atoms with Crippen LogP contribution < -0.4 is 15.7 Å². The van der Waals surface area contributed by atoms with Gasteiger partial charge in [0.05, 0.1) is 17.3 Å². The topological polar surface area (TPSA) is 99.6 Å². The van der Waals surface area contributed by atoms with Gasteiger partial charge < -0.3 is 9.84 Å². The van der Waals surface area contributed by atoms with Crippen LogP contribution >= 0.6 is 15.9 Å². The number of phenolic OH excluding ortho intramolecular Hbond substituents is 1. The molecular formula is C14H15BrN4O3. The predicted molar refractivity (Wildman–Crippen MR) is 87.8 cm³/mol. The van der Waals surface area contributed by atoms with Crippen LogP contribution in [0.3, 0.4) is 0 Å². The smallest absolute Gasteiger partial charge is 0.252 e. The molecule has 0 aliphatic carbocycles. The molecule has 0 radical (unpaired) electrons. The van der Waals surface area contributed by atoms with E-state index in [4.69, 9.17) is 4.74 Å². The highest BCUT2D eigenvalue weighted by Gasteiger charge is 2.08. The number of benzene rings is 1. The minimum atomic E-state index is -0.254. The zero-order chi connectivity index (χ0) is 16.1. The summed E-state index contributed by atoms with van der Waals surface area (Å²) in [6, 6.07) is 4.73. The van der Waals surface area contributed by atoms with Gasteiger partial charge in [-0.15, -0.1) is 0 Å². The molecule has 3 N–H and O–H groups in total. The molecule has 0 bridgehead atoms. The van der Waals surface area contributed by atoms with Crippen molar-refractivity contribution in [1.82, 2.24) is 9.97 Å². The average molecular weight is 367 g/mol. The normalized spacial score (nSPS) is 10.9. The van der Waals surface area contributed by atoms with Crippen LogP contribution in [0.5, 0.6) is 11.5 Å². The number of nitrogens with one attached hydrogen (secondary N) is 2. The monoisotopic (exact) mass is 366 g/mol. The number of hydrogen-bond acceptors (Lipinski definition) is 6. The zero-order valence-corrected chi connectivity index (χ0v) is 13.6. The lowest BCUT2D eigenvalue weighted by molar-refractivity contribution is 0.317. The molecule has 0 aliphatic heterocycles. The fourth-order valence-electron chi connectivity index (χ4n) is 1.73. The minimum absolute atomic E-state index is 0.0386. The van der Waals surface area contributed by atoms with Gasteiger partial charge in [0.15, 0.2) is 11.5 Å². The minimum Gasteiger partial charge on any atom is -0.503 e. The van der Waals surface area contributed by atoms with Crippen molar-refractivity contribution in [1.29, 1.82) is 0 Å². The van der Waals surface area contributed by atoms with E-state index in [2.05, 4.69) is 36.4 Å². The quantitative estimate of drug-likeness (QED) is 0.557. The van der Waals surface area contributed by atoms with Crippen molar-refractivity contribution in [3.05, 3.63) is 44.3 Å². The zero-order valence-electron chi connectivity index (χ0n) is 12.1. The molecule has 1 heterocycles. The molecule has 0 spiro atoms. The van der Waals surface area contributed by atoms with Crippen LogP contribution in [0.25, 0.3) is 0 Å². The molecule has 2 rings (SSSR count). The second-order valence-electron chi connectivity index (χ2n) is 4.39. The van der Waals surface area contributed by atoms with Crippen molar-refractivity contribution in [3.8, 4) is 11.5 Å². The van der Waals surface area contributed by atoms with Crippen LogP contribution in [0.15, 0.2) is 32.6 Å². The molecule has 0 amide bonds. The van der Waals surface area contributed by atoms with Crippen LogP contribution in [0.1, 0.15) is 18.2 Å². The summed E-state index contributed by atoms with van der Waals surface area (Å²) in [5.74, 6) is 0.654. The van der Waals surface area contributed by atoms with Gasteiger partial charge in [0.25, 0.3) is 5.56 Å². The molecule has 116 valence electrons. The van der Waals surface area contributed by atoms with E-state index in [9.17, 15) is 9.90 Å². The second-order valence-corrected chi connectivity index (χ2v) is 5.24. The molecule has 7 nitrogen and oxygen atoms in total. The molecule has 8 heteroatoms. The van der Waals surface area contributed by atoms with Gasteiger partial charge >= 0.3 is 0 Å². The van der Waals surface area contributed by atoms with E-state index in [-0.39, 0.29) is 17.3 Å². The first-order chi connectivity index (χ1) is 10.5. The highest BCUT2D eigenvalue weighted by molar-refractivity contribution is 9.10. The highest BCUT2D eigenvalue weighted by atomic mass is 79.9. The summed E-state index contributed by atoms with van der Waals surface area (Å²) in [6.07, 6.45) is 1.52. The lowest BCUT2D eigenvalue weighted by Crippen LogP contribution is -2.10. The third kappa shape index (κ3) is 4.08. The van der Waals surface area contributed by atoms with Gasteiger partial charge in [-0.1, -0.05) is 0 Å². The molecule has 0 atom stereocenters. The summed E-state index contributed by atoms with van der Waals surface area (Å²) in [5.41, 5.74) is 3.69. The molecule has 0 saturated heterocycles. The van der Waals surface area contributed by atoms with Gasteiger partial charge in [0.2, 0.25) is 5.95 Å². The van der Waals surface area contributed by atoms with E-state index < -0.39 is 0 Å². The van der Waals surface area contributed by atoms with Gasteiger partial charge in [-0.25, -0.2) is 10.4 Å². The number of anilines is 1. The fraction of sp³-hybridized carbons (Fsp3) is 0.214.